The first-order chi connectivity index (χ1) is 15.9. The smallest absolute Gasteiger partial charge is 0.413 e. The zero-order chi connectivity index (χ0) is 26.7. The molecule has 0 saturated carbocycles. The van der Waals surface area contributed by atoms with Gasteiger partial charge in [-0.1, -0.05) is 65.0 Å². The summed E-state index contributed by atoms with van der Waals surface area (Å²) < 4.78 is 43.0. The van der Waals surface area contributed by atoms with Crippen molar-refractivity contribution in [2.24, 2.45) is 10.8 Å². The summed E-state index contributed by atoms with van der Waals surface area (Å²) in [6.07, 6.45) is -0.815. The minimum Gasteiger partial charge on any atom is -0.444 e. The van der Waals surface area contributed by atoms with E-state index in [9.17, 15) is 18.0 Å². The highest BCUT2D eigenvalue weighted by atomic mass is 32.2. The number of nitrogens with one attached hydrogen (secondary N) is 1. The van der Waals surface area contributed by atoms with Crippen LogP contribution in [-0.4, -0.2) is 49.8 Å². The van der Waals surface area contributed by atoms with E-state index in [-0.39, 0.29) is 19.6 Å². The van der Waals surface area contributed by atoms with Crippen LogP contribution in [0.5, 0.6) is 0 Å². The van der Waals surface area contributed by atoms with Crippen molar-refractivity contribution in [1.82, 2.24) is 9.62 Å². The van der Waals surface area contributed by atoms with Gasteiger partial charge in [-0.05, 0) is 44.6 Å². The number of rotatable bonds is 9. The molecular weight excluding hydrogens is 472 g/mol. The van der Waals surface area contributed by atoms with E-state index in [4.69, 9.17) is 13.7 Å². The Hall–Kier alpha value is -2.17. The third-order valence-electron chi connectivity index (χ3n) is 5.44. The predicted octanol–water partition coefficient (Wildman–Crippen LogP) is 4.38. The van der Waals surface area contributed by atoms with Crippen LogP contribution in [0.1, 0.15) is 73.8 Å². The third kappa shape index (κ3) is 9.09. The number of hydrogen-bond donors (Lipinski definition) is 1. The zero-order valence-corrected chi connectivity index (χ0v) is 22.9. The summed E-state index contributed by atoms with van der Waals surface area (Å²) in [6.45, 7) is 14.6. The minimum absolute atomic E-state index is 0.0681. The molecule has 1 amide bonds. The van der Waals surface area contributed by atoms with Crippen LogP contribution in [-0.2, 0) is 35.4 Å². The number of carbonyl (C=O) groups excluding carboxylic acids is 2. The first-order valence-corrected chi connectivity index (χ1v) is 13.2. The number of esters is 1. The first-order valence-electron chi connectivity index (χ1n) is 11.8. The van der Waals surface area contributed by atoms with Crippen molar-refractivity contribution < 1.29 is 31.7 Å². The summed E-state index contributed by atoms with van der Waals surface area (Å²) in [6, 6.07) is 8.43. The summed E-state index contributed by atoms with van der Waals surface area (Å²) in [4.78, 5) is 27.4. The molecule has 10 heteroatoms. The second-order valence-electron chi connectivity index (χ2n) is 11.9. The normalized spacial score (nSPS) is 19.5. The highest BCUT2D eigenvalue weighted by molar-refractivity contribution is 7.84. The fourth-order valence-corrected chi connectivity index (χ4v) is 4.88. The Labute approximate surface area is 209 Å². The van der Waals surface area contributed by atoms with Gasteiger partial charge in [0.1, 0.15) is 12.6 Å². The molecule has 1 fully saturated rings. The number of ether oxygens (including phenoxy) is 2. The van der Waals surface area contributed by atoms with Crippen LogP contribution in [0.15, 0.2) is 30.3 Å². The second kappa shape index (κ2) is 10.8. The van der Waals surface area contributed by atoms with E-state index in [1.165, 1.54) is 4.90 Å². The first kappa shape index (κ1) is 29.1. The number of carbonyl (C=O) groups is 2. The molecule has 1 heterocycles. The SMILES string of the molecule is CC(C)(CCOS(=O)(=O)NC(C)(C)C)C[C@H]1C(=O)O[C@@H](C(C)(C)C)N1C(=O)OCc1ccccc1. The van der Waals surface area contributed by atoms with Crippen LogP contribution in [0.4, 0.5) is 4.79 Å². The molecule has 1 aromatic carbocycles. The molecule has 1 N–H and O–H groups in total. The van der Waals surface area contributed by atoms with E-state index in [1.54, 1.807) is 20.8 Å². The van der Waals surface area contributed by atoms with Gasteiger partial charge in [0.2, 0.25) is 0 Å². The van der Waals surface area contributed by atoms with E-state index in [2.05, 4.69) is 4.72 Å². The Morgan fingerprint density at radius 3 is 2.20 bits per heavy atom. The highest BCUT2D eigenvalue weighted by Crippen LogP contribution is 2.38. The van der Waals surface area contributed by atoms with Gasteiger partial charge in [-0.3, -0.25) is 9.08 Å². The van der Waals surface area contributed by atoms with Gasteiger partial charge in [0.05, 0.1) is 6.61 Å². The summed E-state index contributed by atoms with van der Waals surface area (Å²) in [7, 11) is -3.91. The van der Waals surface area contributed by atoms with Crippen LogP contribution in [0.3, 0.4) is 0 Å². The standard InChI is InChI=1S/C25H40N2O7S/c1-23(2,3)21-27(22(29)32-17-18-12-10-9-11-13-18)19(20(28)34-21)16-25(7,8)14-15-33-35(30,31)26-24(4,5)6/h9-13,19,21,26H,14-17H2,1-8H3/t19-,21-/m0/s1. The number of nitrogens with zero attached hydrogens (tertiary/aromatic N) is 1. The Balaban J connectivity index is 2.11. The fourth-order valence-electron chi connectivity index (χ4n) is 3.77. The van der Waals surface area contributed by atoms with E-state index in [1.807, 2.05) is 65.0 Å². The van der Waals surface area contributed by atoms with Crippen molar-refractivity contribution >= 4 is 22.4 Å². The number of cyclic esters (lactones) is 1. The van der Waals surface area contributed by atoms with E-state index < -0.39 is 51.0 Å². The van der Waals surface area contributed by atoms with Gasteiger partial charge in [-0.15, -0.1) is 0 Å². The van der Waals surface area contributed by atoms with Crippen LogP contribution >= 0.6 is 0 Å². The lowest BCUT2D eigenvalue weighted by molar-refractivity contribution is -0.147. The molecular formula is C25H40N2O7S. The molecule has 1 saturated heterocycles. The molecule has 35 heavy (non-hydrogen) atoms. The highest BCUT2D eigenvalue weighted by Gasteiger charge is 2.52. The second-order valence-corrected chi connectivity index (χ2v) is 13.2. The fraction of sp³-hybridized carbons (Fsp3) is 0.680. The Morgan fingerprint density at radius 2 is 1.66 bits per heavy atom. The molecule has 0 aliphatic carbocycles. The van der Waals surface area contributed by atoms with Gasteiger partial charge in [0.25, 0.3) is 0 Å². The summed E-state index contributed by atoms with van der Waals surface area (Å²) in [5.41, 5.74) is -0.898. The van der Waals surface area contributed by atoms with Crippen molar-refractivity contribution in [3.05, 3.63) is 35.9 Å². The maximum absolute atomic E-state index is 13.2. The molecule has 1 aliphatic heterocycles. The molecule has 0 spiro atoms. The Kier molecular flexibility index (Phi) is 9.00. The summed E-state index contributed by atoms with van der Waals surface area (Å²) >= 11 is 0. The van der Waals surface area contributed by atoms with Crippen LogP contribution in [0.2, 0.25) is 0 Å². The van der Waals surface area contributed by atoms with Crippen molar-refractivity contribution in [3.8, 4) is 0 Å². The van der Waals surface area contributed by atoms with Crippen LogP contribution < -0.4 is 4.72 Å². The van der Waals surface area contributed by atoms with Gasteiger partial charge in [0, 0.05) is 11.0 Å². The lowest BCUT2D eigenvalue weighted by Crippen LogP contribution is -2.49. The monoisotopic (exact) mass is 512 g/mol. The van der Waals surface area contributed by atoms with Crippen molar-refractivity contribution in [2.75, 3.05) is 6.61 Å². The molecule has 0 bridgehead atoms. The van der Waals surface area contributed by atoms with Crippen LogP contribution in [0, 0.1) is 10.8 Å². The maximum atomic E-state index is 13.2. The van der Waals surface area contributed by atoms with Gasteiger partial charge >= 0.3 is 22.4 Å². The minimum atomic E-state index is -3.91. The molecule has 2 atom stereocenters. The summed E-state index contributed by atoms with van der Waals surface area (Å²) in [5, 5.41) is 0. The largest absolute Gasteiger partial charge is 0.444 e. The quantitative estimate of drug-likeness (QED) is 0.489. The Bertz CT molecular complexity index is 979. The van der Waals surface area contributed by atoms with Gasteiger partial charge in [0.15, 0.2) is 6.23 Å². The number of benzene rings is 1. The zero-order valence-electron chi connectivity index (χ0n) is 22.1. The molecule has 2 rings (SSSR count). The topological polar surface area (TPSA) is 111 Å². The molecule has 198 valence electrons. The number of amides is 1. The lowest BCUT2D eigenvalue weighted by atomic mass is 9.82. The molecule has 1 aromatic rings. The van der Waals surface area contributed by atoms with E-state index in [0.29, 0.717) is 6.42 Å². The van der Waals surface area contributed by atoms with E-state index >= 15 is 0 Å². The average molecular weight is 513 g/mol. The molecule has 9 nitrogen and oxygen atoms in total. The van der Waals surface area contributed by atoms with E-state index in [0.717, 1.165) is 5.56 Å². The van der Waals surface area contributed by atoms with Gasteiger partial charge in [-0.2, -0.15) is 13.1 Å². The molecule has 0 radical (unpaired) electrons. The Morgan fingerprint density at radius 1 is 1.06 bits per heavy atom. The molecule has 0 unspecified atom stereocenters. The van der Waals surface area contributed by atoms with Crippen molar-refractivity contribution in [2.45, 2.75) is 92.6 Å². The molecule has 0 aromatic heterocycles. The van der Waals surface area contributed by atoms with Crippen molar-refractivity contribution in [1.29, 1.82) is 0 Å². The van der Waals surface area contributed by atoms with Crippen LogP contribution in [0.25, 0.3) is 0 Å². The number of hydrogen-bond acceptors (Lipinski definition) is 7. The summed E-state index contributed by atoms with van der Waals surface area (Å²) in [5.74, 6) is -0.502. The van der Waals surface area contributed by atoms with Gasteiger partial charge < -0.3 is 9.47 Å². The molecule has 1 aliphatic rings. The average Bonchev–Trinajstić information content (AvgIpc) is 3.01. The van der Waals surface area contributed by atoms with Crippen molar-refractivity contribution in [3.63, 3.8) is 0 Å². The predicted molar refractivity (Wildman–Crippen MR) is 132 cm³/mol. The van der Waals surface area contributed by atoms with Gasteiger partial charge in [-0.25, -0.2) is 9.59 Å². The lowest BCUT2D eigenvalue weighted by Gasteiger charge is -2.35. The maximum Gasteiger partial charge on any atom is 0.413 e. The third-order valence-corrected chi connectivity index (χ3v) is 6.78.